The first kappa shape index (κ1) is 18.6. The third kappa shape index (κ3) is 4.73. The summed E-state index contributed by atoms with van der Waals surface area (Å²) in [5.74, 6) is 1.37. The number of ether oxygens (including phenoxy) is 1. The third-order valence-corrected chi connectivity index (χ3v) is 4.18. The molecular weight excluding hydrogens is 342 g/mol. The van der Waals surface area contributed by atoms with E-state index in [1.54, 1.807) is 11.9 Å². The van der Waals surface area contributed by atoms with Gasteiger partial charge in [0.05, 0.1) is 6.54 Å². The van der Waals surface area contributed by atoms with Crippen LogP contribution in [-0.4, -0.2) is 34.2 Å². The number of carbonyl (C=O) groups excluding carboxylic acids is 1. The summed E-state index contributed by atoms with van der Waals surface area (Å²) in [6.45, 7) is 4.17. The van der Waals surface area contributed by atoms with Gasteiger partial charge in [-0.1, -0.05) is 42.8 Å². The number of hydrogen-bond acceptors (Lipinski definition) is 5. The van der Waals surface area contributed by atoms with E-state index in [0.717, 1.165) is 11.1 Å². The smallest absolute Gasteiger partial charge is 0.263 e. The van der Waals surface area contributed by atoms with Crippen molar-refractivity contribution in [2.75, 3.05) is 7.05 Å². The quantitative estimate of drug-likeness (QED) is 0.636. The maximum absolute atomic E-state index is 12.7. The molecule has 0 radical (unpaired) electrons. The molecule has 0 aliphatic heterocycles. The predicted octanol–water partition coefficient (Wildman–Crippen LogP) is 3.86. The van der Waals surface area contributed by atoms with Gasteiger partial charge in [0.2, 0.25) is 11.8 Å². The molecule has 0 unspecified atom stereocenters. The van der Waals surface area contributed by atoms with Gasteiger partial charge in [-0.25, -0.2) is 0 Å². The van der Waals surface area contributed by atoms with Gasteiger partial charge in [-0.3, -0.25) is 4.79 Å². The summed E-state index contributed by atoms with van der Waals surface area (Å²) in [5.41, 5.74) is 2.01. The highest BCUT2D eigenvalue weighted by atomic mass is 16.5. The molecule has 27 heavy (non-hydrogen) atoms. The number of benzene rings is 2. The van der Waals surface area contributed by atoms with Gasteiger partial charge in [-0.05, 0) is 37.6 Å². The number of hydrogen-bond donors (Lipinski definition) is 0. The fourth-order valence-corrected chi connectivity index (χ4v) is 2.63. The summed E-state index contributed by atoms with van der Waals surface area (Å²) in [6, 6.07) is 17.2. The minimum absolute atomic E-state index is 0.128. The topological polar surface area (TPSA) is 68.5 Å². The standard InChI is InChI=1S/C21H23N3O3/c1-4-18(26-17-8-6-5-7-9-17)21(25)24(3)14-19-22-23-20(27-19)16-12-10-15(2)11-13-16/h5-13,18H,4,14H2,1-3H3/t18-/m0/s1. The summed E-state index contributed by atoms with van der Waals surface area (Å²) < 4.78 is 11.5. The third-order valence-electron chi connectivity index (χ3n) is 4.18. The van der Waals surface area contributed by atoms with Crippen LogP contribution in [0.15, 0.2) is 59.0 Å². The van der Waals surface area contributed by atoms with Crippen molar-refractivity contribution in [3.63, 3.8) is 0 Å². The van der Waals surface area contributed by atoms with Crippen LogP contribution in [0.25, 0.3) is 11.5 Å². The van der Waals surface area contributed by atoms with Crippen LogP contribution in [0.3, 0.4) is 0 Å². The van der Waals surface area contributed by atoms with E-state index in [4.69, 9.17) is 9.15 Å². The lowest BCUT2D eigenvalue weighted by Gasteiger charge is -2.22. The van der Waals surface area contributed by atoms with Crippen LogP contribution < -0.4 is 4.74 Å². The van der Waals surface area contributed by atoms with Gasteiger partial charge in [-0.2, -0.15) is 0 Å². The Hall–Kier alpha value is -3.15. The summed E-state index contributed by atoms with van der Waals surface area (Å²) >= 11 is 0. The first-order valence-electron chi connectivity index (χ1n) is 8.93. The molecule has 6 nitrogen and oxygen atoms in total. The molecule has 0 aliphatic rings. The van der Waals surface area contributed by atoms with E-state index in [9.17, 15) is 4.79 Å². The Labute approximate surface area is 158 Å². The number of aryl methyl sites for hydroxylation is 1. The van der Waals surface area contributed by atoms with Gasteiger partial charge in [-0.15, -0.1) is 10.2 Å². The molecule has 0 aliphatic carbocycles. The Bertz CT molecular complexity index is 875. The molecule has 3 rings (SSSR count). The lowest BCUT2D eigenvalue weighted by atomic mass is 10.1. The average Bonchev–Trinajstić information content (AvgIpc) is 3.15. The molecule has 0 N–H and O–H groups in total. The highest BCUT2D eigenvalue weighted by Crippen LogP contribution is 2.19. The summed E-state index contributed by atoms with van der Waals surface area (Å²) in [5, 5.41) is 8.13. The predicted molar refractivity (Wildman–Crippen MR) is 102 cm³/mol. The second kappa shape index (κ2) is 8.49. The van der Waals surface area contributed by atoms with E-state index >= 15 is 0 Å². The second-order valence-corrected chi connectivity index (χ2v) is 6.39. The van der Waals surface area contributed by atoms with Crippen molar-refractivity contribution in [1.29, 1.82) is 0 Å². The fraction of sp³-hybridized carbons (Fsp3) is 0.286. The lowest BCUT2D eigenvalue weighted by Crippen LogP contribution is -2.39. The second-order valence-electron chi connectivity index (χ2n) is 6.39. The van der Waals surface area contributed by atoms with Gasteiger partial charge < -0.3 is 14.1 Å². The molecule has 2 aromatic carbocycles. The van der Waals surface area contributed by atoms with Crippen LogP contribution in [0.4, 0.5) is 0 Å². The summed E-state index contributed by atoms with van der Waals surface area (Å²) in [4.78, 5) is 14.3. The van der Waals surface area contributed by atoms with Crippen LogP contribution in [0.2, 0.25) is 0 Å². The van der Waals surface area contributed by atoms with Crippen molar-refractivity contribution in [3.8, 4) is 17.2 Å². The van der Waals surface area contributed by atoms with Crippen molar-refractivity contribution in [3.05, 3.63) is 66.1 Å². The SMILES string of the molecule is CC[C@H](Oc1ccccc1)C(=O)N(C)Cc1nnc(-c2ccc(C)cc2)o1. The molecule has 0 saturated carbocycles. The molecule has 0 saturated heterocycles. The Kier molecular flexibility index (Phi) is 5.86. The normalized spacial score (nSPS) is 11.8. The molecule has 1 amide bonds. The van der Waals surface area contributed by atoms with E-state index in [1.807, 2.05) is 68.4 Å². The molecule has 0 bridgehead atoms. The van der Waals surface area contributed by atoms with Crippen molar-refractivity contribution >= 4 is 5.91 Å². The first-order chi connectivity index (χ1) is 13.1. The molecule has 0 fully saturated rings. The largest absolute Gasteiger partial charge is 0.481 e. The zero-order valence-corrected chi connectivity index (χ0v) is 15.8. The Morgan fingerprint density at radius 2 is 1.81 bits per heavy atom. The molecule has 3 aromatic rings. The van der Waals surface area contributed by atoms with Crippen LogP contribution >= 0.6 is 0 Å². The van der Waals surface area contributed by atoms with Gasteiger partial charge in [0, 0.05) is 12.6 Å². The maximum atomic E-state index is 12.7. The number of amides is 1. The molecular formula is C21H23N3O3. The lowest BCUT2D eigenvalue weighted by molar-refractivity contribution is -0.138. The fourth-order valence-electron chi connectivity index (χ4n) is 2.63. The molecule has 1 aromatic heterocycles. The van der Waals surface area contributed by atoms with E-state index in [1.165, 1.54) is 0 Å². The molecule has 0 spiro atoms. The number of likely N-dealkylation sites (N-methyl/N-ethyl adjacent to an activating group) is 1. The number of nitrogens with zero attached hydrogens (tertiary/aromatic N) is 3. The minimum Gasteiger partial charge on any atom is -0.481 e. The van der Waals surface area contributed by atoms with Crippen molar-refractivity contribution < 1.29 is 13.9 Å². The van der Waals surface area contributed by atoms with Crippen LogP contribution in [0, 0.1) is 6.92 Å². The minimum atomic E-state index is -0.558. The molecule has 1 atom stereocenters. The first-order valence-corrected chi connectivity index (χ1v) is 8.93. The van der Waals surface area contributed by atoms with E-state index < -0.39 is 6.10 Å². The van der Waals surface area contributed by atoms with Crippen LogP contribution in [0.1, 0.15) is 24.8 Å². The number of para-hydroxylation sites is 1. The van der Waals surface area contributed by atoms with Crippen LogP contribution in [-0.2, 0) is 11.3 Å². The average molecular weight is 365 g/mol. The Morgan fingerprint density at radius 3 is 2.48 bits per heavy atom. The highest BCUT2D eigenvalue weighted by molar-refractivity contribution is 5.80. The summed E-state index contributed by atoms with van der Waals surface area (Å²) in [7, 11) is 1.70. The Morgan fingerprint density at radius 1 is 1.11 bits per heavy atom. The van der Waals surface area contributed by atoms with E-state index in [-0.39, 0.29) is 12.5 Å². The van der Waals surface area contributed by atoms with Crippen LogP contribution in [0.5, 0.6) is 5.75 Å². The number of carbonyl (C=O) groups is 1. The molecule has 6 heteroatoms. The highest BCUT2D eigenvalue weighted by Gasteiger charge is 2.24. The number of aromatic nitrogens is 2. The maximum Gasteiger partial charge on any atom is 0.263 e. The van der Waals surface area contributed by atoms with Gasteiger partial charge in [0.1, 0.15) is 5.75 Å². The Balaban J connectivity index is 1.64. The zero-order chi connectivity index (χ0) is 19.2. The number of rotatable bonds is 7. The summed E-state index contributed by atoms with van der Waals surface area (Å²) in [6.07, 6.45) is 0.00755. The monoisotopic (exact) mass is 365 g/mol. The van der Waals surface area contributed by atoms with E-state index in [2.05, 4.69) is 10.2 Å². The van der Waals surface area contributed by atoms with Crippen molar-refractivity contribution in [2.24, 2.45) is 0 Å². The van der Waals surface area contributed by atoms with Crippen molar-refractivity contribution in [2.45, 2.75) is 32.9 Å². The molecule has 140 valence electrons. The van der Waals surface area contributed by atoms with Crippen molar-refractivity contribution in [1.82, 2.24) is 15.1 Å². The van der Waals surface area contributed by atoms with Gasteiger partial charge in [0.25, 0.3) is 5.91 Å². The van der Waals surface area contributed by atoms with Gasteiger partial charge >= 0.3 is 0 Å². The van der Waals surface area contributed by atoms with E-state index in [0.29, 0.717) is 24.0 Å². The van der Waals surface area contributed by atoms with Gasteiger partial charge in [0.15, 0.2) is 6.10 Å². The molecule has 1 heterocycles. The zero-order valence-electron chi connectivity index (χ0n) is 15.8.